The first kappa shape index (κ1) is 15.9. The van der Waals surface area contributed by atoms with E-state index in [0.29, 0.717) is 5.69 Å². The Labute approximate surface area is 130 Å². The number of nitrogens with one attached hydrogen (secondary N) is 2. The van der Waals surface area contributed by atoms with Crippen LogP contribution in [-0.4, -0.2) is 22.8 Å². The van der Waals surface area contributed by atoms with Gasteiger partial charge in [-0.2, -0.15) is 0 Å². The summed E-state index contributed by atoms with van der Waals surface area (Å²) in [5.41, 5.74) is 0.969. The summed E-state index contributed by atoms with van der Waals surface area (Å²) in [6, 6.07) is 8.65. The summed E-state index contributed by atoms with van der Waals surface area (Å²) in [6.45, 7) is 7.10. The van der Waals surface area contributed by atoms with Crippen LogP contribution in [0.3, 0.4) is 0 Å². The van der Waals surface area contributed by atoms with Crippen molar-refractivity contribution < 1.29 is 9.59 Å². The SMILES string of the molecule is CC(NC(=O)C(C)(C)C)C(=O)Nc1cccc2ncccc12. The highest BCUT2D eigenvalue weighted by Crippen LogP contribution is 2.21. The Morgan fingerprint density at radius 2 is 1.86 bits per heavy atom. The predicted molar refractivity (Wildman–Crippen MR) is 87.4 cm³/mol. The van der Waals surface area contributed by atoms with Gasteiger partial charge in [0.15, 0.2) is 0 Å². The maximum absolute atomic E-state index is 12.3. The molecule has 1 aromatic heterocycles. The first-order chi connectivity index (χ1) is 10.3. The summed E-state index contributed by atoms with van der Waals surface area (Å²) in [5, 5.41) is 6.44. The molecular weight excluding hydrogens is 278 g/mol. The minimum absolute atomic E-state index is 0.158. The van der Waals surface area contributed by atoms with Gasteiger partial charge in [0.05, 0.1) is 11.2 Å². The van der Waals surface area contributed by atoms with E-state index in [2.05, 4.69) is 15.6 Å². The fourth-order valence-corrected chi connectivity index (χ4v) is 1.93. The lowest BCUT2D eigenvalue weighted by molar-refractivity contribution is -0.131. The number of carbonyl (C=O) groups excluding carboxylic acids is 2. The molecule has 1 unspecified atom stereocenters. The van der Waals surface area contributed by atoms with E-state index in [4.69, 9.17) is 0 Å². The molecule has 0 aliphatic carbocycles. The van der Waals surface area contributed by atoms with Crippen molar-refractivity contribution in [1.82, 2.24) is 10.3 Å². The zero-order valence-electron chi connectivity index (χ0n) is 13.3. The lowest BCUT2D eigenvalue weighted by atomic mass is 9.95. The fraction of sp³-hybridized carbons (Fsp3) is 0.353. The second kappa shape index (κ2) is 6.13. The average molecular weight is 299 g/mol. The molecule has 1 aromatic carbocycles. The van der Waals surface area contributed by atoms with Gasteiger partial charge in [0.25, 0.3) is 0 Å². The van der Waals surface area contributed by atoms with E-state index in [1.807, 2.05) is 51.1 Å². The van der Waals surface area contributed by atoms with E-state index in [1.54, 1.807) is 13.1 Å². The fourth-order valence-electron chi connectivity index (χ4n) is 1.93. The lowest BCUT2D eigenvalue weighted by Crippen LogP contribution is -2.46. The Hall–Kier alpha value is -2.43. The third-order valence-electron chi connectivity index (χ3n) is 3.33. The van der Waals surface area contributed by atoms with Gasteiger partial charge in [0, 0.05) is 17.0 Å². The lowest BCUT2D eigenvalue weighted by Gasteiger charge is -2.21. The number of rotatable bonds is 3. The maximum atomic E-state index is 12.3. The number of carbonyl (C=O) groups is 2. The first-order valence-electron chi connectivity index (χ1n) is 7.24. The normalized spacial score (nSPS) is 12.7. The molecule has 2 aromatic rings. The van der Waals surface area contributed by atoms with Crippen LogP contribution in [0.1, 0.15) is 27.7 Å². The van der Waals surface area contributed by atoms with Gasteiger partial charge in [-0.3, -0.25) is 14.6 Å². The molecule has 0 aliphatic rings. The van der Waals surface area contributed by atoms with Crippen molar-refractivity contribution in [3.63, 3.8) is 0 Å². The number of benzene rings is 1. The number of aromatic nitrogens is 1. The monoisotopic (exact) mass is 299 g/mol. The highest BCUT2D eigenvalue weighted by Gasteiger charge is 2.25. The van der Waals surface area contributed by atoms with Crippen molar-refractivity contribution in [1.29, 1.82) is 0 Å². The second-order valence-corrected chi connectivity index (χ2v) is 6.31. The van der Waals surface area contributed by atoms with Crippen LogP contribution in [0.5, 0.6) is 0 Å². The molecule has 1 atom stereocenters. The van der Waals surface area contributed by atoms with Crippen LogP contribution >= 0.6 is 0 Å². The quantitative estimate of drug-likeness (QED) is 0.915. The van der Waals surface area contributed by atoms with Crippen LogP contribution in [0.25, 0.3) is 10.9 Å². The van der Waals surface area contributed by atoms with Crippen LogP contribution in [0.4, 0.5) is 5.69 Å². The summed E-state index contributed by atoms with van der Waals surface area (Å²) < 4.78 is 0. The smallest absolute Gasteiger partial charge is 0.246 e. The molecule has 116 valence electrons. The molecule has 0 spiro atoms. The van der Waals surface area contributed by atoms with Crippen LogP contribution in [0.15, 0.2) is 36.5 Å². The Morgan fingerprint density at radius 3 is 2.55 bits per heavy atom. The first-order valence-corrected chi connectivity index (χ1v) is 7.24. The van der Waals surface area contributed by atoms with Crippen LogP contribution in [0, 0.1) is 5.41 Å². The molecule has 2 N–H and O–H groups in total. The summed E-state index contributed by atoms with van der Waals surface area (Å²) in [4.78, 5) is 28.5. The highest BCUT2D eigenvalue weighted by atomic mass is 16.2. The third-order valence-corrected chi connectivity index (χ3v) is 3.33. The van der Waals surface area contributed by atoms with Gasteiger partial charge in [-0.15, -0.1) is 0 Å². The highest BCUT2D eigenvalue weighted by molar-refractivity contribution is 6.03. The summed E-state index contributed by atoms with van der Waals surface area (Å²) in [6.07, 6.45) is 1.71. The van der Waals surface area contributed by atoms with E-state index in [1.165, 1.54) is 0 Å². The average Bonchev–Trinajstić information content (AvgIpc) is 2.46. The van der Waals surface area contributed by atoms with E-state index < -0.39 is 11.5 Å². The molecule has 0 aliphatic heterocycles. The van der Waals surface area contributed by atoms with Crippen molar-refractivity contribution in [2.75, 3.05) is 5.32 Å². The van der Waals surface area contributed by atoms with Crippen molar-refractivity contribution >= 4 is 28.4 Å². The van der Waals surface area contributed by atoms with Gasteiger partial charge < -0.3 is 10.6 Å². The summed E-state index contributed by atoms with van der Waals surface area (Å²) in [5.74, 6) is -0.413. The standard InChI is InChI=1S/C17H21N3O2/c1-11(19-16(22)17(2,3)4)15(21)20-14-9-5-8-13-12(14)7-6-10-18-13/h5-11H,1-4H3,(H,19,22)(H,20,21). The zero-order chi connectivity index (χ0) is 16.3. The maximum Gasteiger partial charge on any atom is 0.246 e. The van der Waals surface area contributed by atoms with Crippen LogP contribution in [-0.2, 0) is 9.59 Å². The van der Waals surface area contributed by atoms with Crippen molar-refractivity contribution in [2.24, 2.45) is 5.41 Å². The molecule has 22 heavy (non-hydrogen) atoms. The van der Waals surface area contributed by atoms with Crippen molar-refractivity contribution in [2.45, 2.75) is 33.7 Å². The van der Waals surface area contributed by atoms with Gasteiger partial charge in [0.2, 0.25) is 11.8 Å². The largest absolute Gasteiger partial charge is 0.344 e. The third kappa shape index (κ3) is 3.61. The number of amides is 2. The predicted octanol–water partition coefficient (Wildman–Crippen LogP) is 2.72. The van der Waals surface area contributed by atoms with E-state index >= 15 is 0 Å². The Morgan fingerprint density at radius 1 is 1.14 bits per heavy atom. The zero-order valence-corrected chi connectivity index (χ0v) is 13.3. The topological polar surface area (TPSA) is 71.1 Å². The molecule has 0 saturated heterocycles. The molecule has 0 radical (unpaired) electrons. The number of anilines is 1. The molecule has 0 bridgehead atoms. The van der Waals surface area contributed by atoms with E-state index in [0.717, 1.165) is 10.9 Å². The molecule has 5 nitrogen and oxygen atoms in total. The van der Waals surface area contributed by atoms with Crippen molar-refractivity contribution in [3.05, 3.63) is 36.5 Å². The molecule has 2 amide bonds. The minimum Gasteiger partial charge on any atom is -0.344 e. The Balaban J connectivity index is 2.12. The van der Waals surface area contributed by atoms with Gasteiger partial charge >= 0.3 is 0 Å². The van der Waals surface area contributed by atoms with Crippen molar-refractivity contribution in [3.8, 4) is 0 Å². The van der Waals surface area contributed by atoms with Crippen LogP contribution in [0.2, 0.25) is 0 Å². The molecule has 0 saturated carbocycles. The summed E-state index contributed by atoms with van der Waals surface area (Å²) in [7, 11) is 0. The molecule has 1 heterocycles. The number of pyridine rings is 1. The van der Waals surface area contributed by atoms with Gasteiger partial charge in [0.1, 0.15) is 6.04 Å². The second-order valence-electron chi connectivity index (χ2n) is 6.31. The molecule has 0 fully saturated rings. The summed E-state index contributed by atoms with van der Waals surface area (Å²) >= 11 is 0. The van der Waals surface area contributed by atoms with Crippen LogP contribution < -0.4 is 10.6 Å². The van der Waals surface area contributed by atoms with Gasteiger partial charge in [-0.05, 0) is 31.2 Å². The Kier molecular flexibility index (Phi) is 4.45. The number of hydrogen-bond acceptors (Lipinski definition) is 3. The number of nitrogens with zero attached hydrogens (tertiary/aromatic N) is 1. The van der Waals surface area contributed by atoms with Gasteiger partial charge in [-0.1, -0.05) is 26.8 Å². The molecule has 2 rings (SSSR count). The molecule has 5 heteroatoms. The number of hydrogen-bond donors (Lipinski definition) is 2. The number of fused-ring (bicyclic) bond motifs is 1. The molecular formula is C17H21N3O2. The minimum atomic E-state index is -0.612. The van der Waals surface area contributed by atoms with Gasteiger partial charge in [-0.25, -0.2) is 0 Å². The van der Waals surface area contributed by atoms with E-state index in [9.17, 15) is 9.59 Å². The van der Waals surface area contributed by atoms with E-state index in [-0.39, 0.29) is 11.8 Å². The Bertz CT molecular complexity index is 699.